The zero-order chi connectivity index (χ0) is 14.0. The molecule has 0 N–H and O–H groups in total. The molecule has 0 saturated carbocycles. The zero-order valence-corrected chi connectivity index (χ0v) is 12.8. The number of amides is 1. The molecule has 0 atom stereocenters. The van der Waals surface area contributed by atoms with Crippen molar-refractivity contribution >= 4 is 21.8 Å². The van der Waals surface area contributed by atoms with Crippen molar-refractivity contribution in [1.82, 2.24) is 9.80 Å². The molecule has 3 nitrogen and oxygen atoms in total. The molecule has 1 fully saturated rings. The summed E-state index contributed by atoms with van der Waals surface area (Å²) in [4.78, 5) is 16.2. The number of nitrogens with zero attached hydrogens (tertiary/aromatic N) is 2. The second-order valence-electron chi connectivity index (χ2n) is 5.11. The van der Waals surface area contributed by atoms with Crippen molar-refractivity contribution in [3.05, 3.63) is 34.1 Å². The van der Waals surface area contributed by atoms with E-state index in [0.29, 0.717) is 23.6 Å². The number of carbonyl (C=O) groups is 1. The molecule has 0 aromatic heterocycles. The molecule has 1 aromatic carbocycles. The molecule has 104 valence electrons. The van der Waals surface area contributed by atoms with Crippen molar-refractivity contribution in [2.75, 3.05) is 27.2 Å². The fourth-order valence-corrected chi connectivity index (χ4v) is 2.75. The number of hydrogen-bond acceptors (Lipinski definition) is 2. The monoisotopic (exact) mass is 328 g/mol. The van der Waals surface area contributed by atoms with E-state index < -0.39 is 5.82 Å². The van der Waals surface area contributed by atoms with Crippen LogP contribution in [0.5, 0.6) is 0 Å². The molecule has 5 heteroatoms. The first kappa shape index (κ1) is 14.5. The van der Waals surface area contributed by atoms with Gasteiger partial charge in [-0.05, 0) is 45.1 Å². The van der Waals surface area contributed by atoms with E-state index in [1.54, 1.807) is 17.0 Å². The third-order valence-corrected chi connectivity index (χ3v) is 4.14. The minimum Gasteiger partial charge on any atom is -0.338 e. The van der Waals surface area contributed by atoms with Gasteiger partial charge in [-0.25, -0.2) is 4.39 Å². The summed E-state index contributed by atoms with van der Waals surface area (Å²) >= 11 is 3.19. The Morgan fingerprint density at radius 1 is 1.37 bits per heavy atom. The molecule has 1 saturated heterocycles. The van der Waals surface area contributed by atoms with Gasteiger partial charge in [-0.15, -0.1) is 0 Å². The topological polar surface area (TPSA) is 23.6 Å². The molecule has 19 heavy (non-hydrogen) atoms. The summed E-state index contributed by atoms with van der Waals surface area (Å²) in [6.45, 7) is 1.38. The summed E-state index contributed by atoms with van der Waals surface area (Å²) in [6, 6.07) is 5.08. The maximum atomic E-state index is 13.8. The Labute approximate surface area is 121 Å². The van der Waals surface area contributed by atoms with Gasteiger partial charge in [0.15, 0.2) is 0 Å². The van der Waals surface area contributed by atoms with Crippen molar-refractivity contribution in [1.29, 1.82) is 0 Å². The molecule has 0 bridgehead atoms. The summed E-state index contributed by atoms with van der Waals surface area (Å²) in [5.41, 5.74) is 0.159. The fourth-order valence-electron chi connectivity index (χ4n) is 2.42. The number of likely N-dealkylation sites (tertiary alicyclic amines) is 1. The number of piperidine rings is 1. The number of halogens is 2. The molecule has 1 aliphatic heterocycles. The van der Waals surface area contributed by atoms with E-state index in [9.17, 15) is 9.18 Å². The van der Waals surface area contributed by atoms with Crippen molar-refractivity contribution in [3.8, 4) is 0 Å². The lowest BCUT2D eigenvalue weighted by molar-refractivity contribution is 0.0658. The van der Waals surface area contributed by atoms with Crippen LogP contribution in [0.4, 0.5) is 4.39 Å². The van der Waals surface area contributed by atoms with Crippen LogP contribution in [0, 0.1) is 5.82 Å². The van der Waals surface area contributed by atoms with Crippen LogP contribution in [0.1, 0.15) is 23.2 Å². The van der Waals surface area contributed by atoms with Crippen LogP contribution in [0.25, 0.3) is 0 Å². The number of benzene rings is 1. The molecule has 1 heterocycles. The van der Waals surface area contributed by atoms with Gasteiger partial charge in [-0.1, -0.05) is 15.9 Å². The van der Waals surface area contributed by atoms with Gasteiger partial charge in [0, 0.05) is 23.6 Å². The average molecular weight is 329 g/mol. The summed E-state index contributed by atoms with van der Waals surface area (Å²) in [5, 5.41) is 0. The van der Waals surface area contributed by atoms with E-state index in [1.165, 1.54) is 6.07 Å². The molecular formula is C14H18BrFN2O. The minimum absolute atomic E-state index is 0.159. The van der Waals surface area contributed by atoms with E-state index in [4.69, 9.17) is 0 Å². The van der Waals surface area contributed by atoms with Crippen LogP contribution < -0.4 is 0 Å². The van der Waals surface area contributed by atoms with Crippen LogP contribution in [-0.2, 0) is 0 Å². The Morgan fingerprint density at radius 3 is 2.53 bits per heavy atom. The van der Waals surface area contributed by atoms with Crippen molar-refractivity contribution in [2.24, 2.45) is 0 Å². The van der Waals surface area contributed by atoms with Crippen LogP contribution in [0.2, 0.25) is 0 Å². The lowest BCUT2D eigenvalue weighted by Gasteiger charge is -2.35. The maximum Gasteiger partial charge on any atom is 0.256 e. The molecule has 1 aromatic rings. The number of carbonyl (C=O) groups excluding carboxylic acids is 1. The Morgan fingerprint density at radius 2 is 2.00 bits per heavy atom. The maximum absolute atomic E-state index is 13.8. The van der Waals surface area contributed by atoms with Gasteiger partial charge in [-0.2, -0.15) is 0 Å². The first-order valence-electron chi connectivity index (χ1n) is 6.40. The van der Waals surface area contributed by atoms with E-state index in [0.717, 1.165) is 12.8 Å². The van der Waals surface area contributed by atoms with Crippen LogP contribution >= 0.6 is 15.9 Å². The second-order valence-corrected chi connectivity index (χ2v) is 6.03. The molecule has 2 rings (SSSR count). The largest absolute Gasteiger partial charge is 0.338 e. The van der Waals surface area contributed by atoms with Crippen molar-refractivity contribution in [3.63, 3.8) is 0 Å². The molecule has 0 unspecified atom stereocenters. The van der Waals surface area contributed by atoms with Crippen LogP contribution in [0.3, 0.4) is 0 Å². The quantitative estimate of drug-likeness (QED) is 0.833. The third kappa shape index (κ3) is 3.34. The Kier molecular flexibility index (Phi) is 4.58. The highest BCUT2D eigenvalue weighted by atomic mass is 79.9. The Bertz CT molecular complexity index is 471. The number of hydrogen-bond donors (Lipinski definition) is 0. The molecule has 1 amide bonds. The van der Waals surface area contributed by atoms with Crippen molar-refractivity contribution < 1.29 is 9.18 Å². The van der Waals surface area contributed by atoms with E-state index in [-0.39, 0.29) is 11.5 Å². The minimum atomic E-state index is -0.464. The summed E-state index contributed by atoms with van der Waals surface area (Å²) in [7, 11) is 4.10. The van der Waals surface area contributed by atoms with Crippen molar-refractivity contribution in [2.45, 2.75) is 18.9 Å². The highest BCUT2D eigenvalue weighted by Gasteiger charge is 2.25. The van der Waals surface area contributed by atoms with E-state index in [2.05, 4.69) is 34.9 Å². The Hall–Kier alpha value is -0.940. The van der Waals surface area contributed by atoms with Crippen LogP contribution in [-0.4, -0.2) is 48.9 Å². The summed E-state index contributed by atoms with van der Waals surface area (Å²) < 4.78 is 14.4. The van der Waals surface area contributed by atoms with Gasteiger partial charge in [0.1, 0.15) is 5.82 Å². The third-order valence-electron chi connectivity index (χ3n) is 3.64. The summed E-state index contributed by atoms with van der Waals surface area (Å²) in [5.74, 6) is -0.670. The second kappa shape index (κ2) is 6.01. The van der Waals surface area contributed by atoms with Gasteiger partial charge in [0.25, 0.3) is 5.91 Å². The van der Waals surface area contributed by atoms with Gasteiger partial charge in [0.2, 0.25) is 0 Å². The zero-order valence-electron chi connectivity index (χ0n) is 11.2. The van der Waals surface area contributed by atoms with Crippen LogP contribution in [0.15, 0.2) is 22.7 Å². The average Bonchev–Trinajstić information content (AvgIpc) is 2.38. The van der Waals surface area contributed by atoms with E-state index >= 15 is 0 Å². The first-order valence-corrected chi connectivity index (χ1v) is 7.19. The molecular weight excluding hydrogens is 311 g/mol. The highest BCUT2D eigenvalue weighted by Crippen LogP contribution is 2.20. The Balaban J connectivity index is 2.05. The highest BCUT2D eigenvalue weighted by molar-refractivity contribution is 9.10. The van der Waals surface area contributed by atoms with Gasteiger partial charge in [0.05, 0.1) is 5.56 Å². The summed E-state index contributed by atoms with van der Waals surface area (Å²) in [6.07, 6.45) is 1.88. The van der Waals surface area contributed by atoms with E-state index in [1.807, 2.05) is 0 Å². The number of rotatable bonds is 2. The lowest BCUT2D eigenvalue weighted by Crippen LogP contribution is -2.44. The van der Waals surface area contributed by atoms with Gasteiger partial charge >= 0.3 is 0 Å². The predicted octanol–water partition coefficient (Wildman–Crippen LogP) is 2.75. The van der Waals surface area contributed by atoms with Gasteiger partial charge in [-0.3, -0.25) is 4.79 Å². The standard InChI is InChI=1S/C14H18BrFN2O/c1-17(2)11-5-7-18(8-6-11)14(19)12-4-3-10(15)9-13(12)16/h3-4,9,11H,5-8H2,1-2H3. The lowest BCUT2D eigenvalue weighted by atomic mass is 10.0. The smallest absolute Gasteiger partial charge is 0.256 e. The molecule has 0 radical (unpaired) electrons. The first-order chi connectivity index (χ1) is 8.99. The van der Waals surface area contributed by atoms with Gasteiger partial charge < -0.3 is 9.80 Å². The fraction of sp³-hybridized carbons (Fsp3) is 0.500. The predicted molar refractivity (Wildman–Crippen MR) is 76.7 cm³/mol. The molecule has 0 spiro atoms. The SMILES string of the molecule is CN(C)C1CCN(C(=O)c2ccc(Br)cc2F)CC1. The molecule has 1 aliphatic rings. The molecule has 0 aliphatic carbocycles. The normalized spacial score (nSPS) is 17.0.